The predicted octanol–water partition coefficient (Wildman–Crippen LogP) is 2.03. The lowest BCUT2D eigenvalue weighted by Gasteiger charge is -2.12. The van der Waals surface area contributed by atoms with Crippen LogP contribution in [0, 0.1) is 14.9 Å². The summed E-state index contributed by atoms with van der Waals surface area (Å²) in [6, 6.07) is 4.20. The Labute approximate surface area is 156 Å². The van der Waals surface area contributed by atoms with Crippen LogP contribution in [0.3, 0.4) is 0 Å². The molecule has 0 aliphatic carbocycles. The maximum atomic E-state index is 11.7. The zero-order valence-electron chi connectivity index (χ0n) is 13.1. The zero-order chi connectivity index (χ0) is 18.8. The standard InChI is InChI=1S/C14H11ClN6O4S/c15-9-2-1-8(5-10(9)21(24)25)6-16-20-11(17-18-14(20)26)7-19-12(22)3-4-13(19)23/h1-2,5-6H,3-4,7H2,(H,18,26)/b16-6+. The molecule has 12 heteroatoms. The Kier molecular flexibility index (Phi) is 4.91. The number of nitro groups is 1. The predicted molar refractivity (Wildman–Crippen MR) is 93.3 cm³/mol. The van der Waals surface area contributed by atoms with E-state index in [1.54, 1.807) is 6.07 Å². The number of carbonyl (C=O) groups is 2. The van der Waals surface area contributed by atoms with Crippen LogP contribution in [0.2, 0.25) is 5.02 Å². The van der Waals surface area contributed by atoms with Gasteiger partial charge < -0.3 is 0 Å². The summed E-state index contributed by atoms with van der Waals surface area (Å²) in [6.07, 6.45) is 1.68. The molecule has 1 aromatic carbocycles. The minimum atomic E-state index is -0.598. The van der Waals surface area contributed by atoms with Crippen LogP contribution in [-0.4, -0.2) is 42.7 Å². The molecule has 0 radical (unpaired) electrons. The van der Waals surface area contributed by atoms with E-state index in [4.69, 9.17) is 23.8 Å². The van der Waals surface area contributed by atoms with Gasteiger partial charge in [0.05, 0.1) is 17.7 Å². The number of aromatic nitrogens is 3. The van der Waals surface area contributed by atoms with Crippen molar-refractivity contribution < 1.29 is 14.5 Å². The van der Waals surface area contributed by atoms with Crippen molar-refractivity contribution in [1.82, 2.24) is 19.8 Å². The molecule has 0 atom stereocenters. The summed E-state index contributed by atoms with van der Waals surface area (Å²) in [5, 5.41) is 21.6. The number of H-pyrrole nitrogens is 1. The van der Waals surface area contributed by atoms with E-state index in [2.05, 4.69) is 15.3 Å². The summed E-state index contributed by atoms with van der Waals surface area (Å²) in [5.41, 5.74) is 0.170. The largest absolute Gasteiger partial charge is 0.288 e. The molecule has 1 aliphatic heterocycles. The third-order valence-electron chi connectivity index (χ3n) is 3.66. The van der Waals surface area contributed by atoms with Crippen LogP contribution in [0.1, 0.15) is 24.2 Å². The van der Waals surface area contributed by atoms with Gasteiger partial charge in [-0.1, -0.05) is 17.7 Å². The number of hydrogen-bond acceptors (Lipinski definition) is 7. The minimum absolute atomic E-state index is 0.0128. The molecule has 134 valence electrons. The third-order valence-corrected chi connectivity index (χ3v) is 4.24. The van der Waals surface area contributed by atoms with E-state index in [1.807, 2.05) is 0 Å². The Morgan fingerprint density at radius 3 is 2.73 bits per heavy atom. The molecule has 3 rings (SSSR count). The number of benzene rings is 1. The highest BCUT2D eigenvalue weighted by Crippen LogP contribution is 2.24. The maximum absolute atomic E-state index is 11.7. The summed E-state index contributed by atoms with van der Waals surface area (Å²) in [6.45, 7) is -0.0666. The average molecular weight is 395 g/mol. The van der Waals surface area contributed by atoms with Gasteiger partial charge in [0.15, 0.2) is 5.82 Å². The van der Waals surface area contributed by atoms with Crippen LogP contribution in [-0.2, 0) is 16.1 Å². The van der Waals surface area contributed by atoms with Crippen LogP contribution >= 0.6 is 23.8 Å². The van der Waals surface area contributed by atoms with Crippen LogP contribution in [0.25, 0.3) is 0 Å². The SMILES string of the molecule is O=C1CCC(=O)N1Cc1n[nH]c(=S)n1/N=C/c1ccc(Cl)c([N+](=O)[O-])c1. The Hall–Kier alpha value is -2.92. The van der Waals surface area contributed by atoms with E-state index in [9.17, 15) is 19.7 Å². The van der Waals surface area contributed by atoms with Crippen LogP contribution in [0.5, 0.6) is 0 Å². The lowest BCUT2D eigenvalue weighted by atomic mass is 10.2. The van der Waals surface area contributed by atoms with Gasteiger partial charge in [-0.05, 0) is 18.3 Å². The summed E-state index contributed by atoms with van der Waals surface area (Å²) in [4.78, 5) is 34.9. The molecule has 0 spiro atoms. The number of rotatable bonds is 5. The second-order valence-electron chi connectivity index (χ2n) is 5.34. The monoisotopic (exact) mass is 394 g/mol. The van der Waals surface area contributed by atoms with E-state index in [0.29, 0.717) is 5.56 Å². The molecular formula is C14H11ClN6O4S. The van der Waals surface area contributed by atoms with Crippen molar-refractivity contribution in [3.63, 3.8) is 0 Å². The summed E-state index contributed by atoms with van der Waals surface area (Å²) >= 11 is 10.9. The van der Waals surface area contributed by atoms with Crippen molar-refractivity contribution in [3.8, 4) is 0 Å². The van der Waals surface area contributed by atoms with Crippen molar-refractivity contribution in [2.75, 3.05) is 0 Å². The Bertz CT molecular complexity index is 982. The number of nitrogens with zero attached hydrogens (tertiary/aromatic N) is 5. The van der Waals surface area contributed by atoms with E-state index < -0.39 is 4.92 Å². The smallest absolute Gasteiger partial charge is 0.275 e. The van der Waals surface area contributed by atoms with Gasteiger partial charge in [0.2, 0.25) is 16.6 Å². The molecule has 1 aromatic heterocycles. The van der Waals surface area contributed by atoms with Gasteiger partial charge in [-0.3, -0.25) is 29.7 Å². The molecule has 0 bridgehead atoms. The van der Waals surface area contributed by atoms with E-state index >= 15 is 0 Å². The Morgan fingerprint density at radius 1 is 1.38 bits per heavy atom. The lowest BCUT2D eigenvalue weighted by molar-refractivity contribution is -0.384. The molecule has 1 aliphatic rings. The fourth-order valence-corrected chi connectivity index (χ4v) is 2.75. The Balaban J connectivity index is 1.88. The quantitative estimate of drug-likeness (QED) is 0.272. The van der Waals surface area contributed by atoms with Gasteiger partial charge in [-0.25, -0.2) is 0 Å². The molecular weight excluding hydrogens is 384 g/mol. The van der Waals surface area contributed by atoms with Gasteiger partial charge >= 0.3 is 0 Å². The summed E-state index contributed by atoms with van der Waals surface area (Å²) in [5.74, 6) is -0.307. The van der Waals surface area contributed by atoms with Crippen LogP contribution in [0.15, 0.2) is 23.3 Å². The van der Waals surface area contributed by atoms with Crippen molar-refractivity contribution in [3.05, 3.63) is 49.5 Å². The number of carbonyl (C=O) groups excluding carboxylic acids is 2. The maximum Gasteiger partial charge on any atom is 0.288 e. The first-order chi connectivity index (χ1) is 12.4. The average Bonchev–Trinajstić information content (AvgIpc) is 3.11. The first-order valence-corrected chi connectivity index (χ1v) is 8.13. The number of hydrogen-bond donors (Lipinski definition) is 1. The third kappa shape index (κ3) is 3.53. The van der Waals surface area contributed by atoms with Crippen LogP contribution in [0.4, 0.5) is 5.69 Å². The van der Waals surface area contributed by atoms with Crippen LogP contribution < -0.4 is 0 Å². The zero-order valence-corrected chi connectivity index (χ0v) is 14.7. The van der Waals surface area contributed by atoms with Crippen molar-refractivity contribution in [2.45, 2.75) is 19.4 Å². The van der Waals surface area contributed by atoms with Crippen molar-refractivity contribution in [2.24, 2.45) is 5.10 Å². The number of nitro benzene ring substituents is 1. The highest BCUT2D eigenvalue weighted by atomic mass is 35.5. The first kappa shape index (κ1) is 17.9. The number of amides is 2. The summed E-state index contributed by atoms with van der Waals surface area (Å²) < 4.78 is 1.40. The summed E-state index contributed by atoms with van der Waals surface area (Å²) in [7, 11) is 0. The molecule has 1 fully saturated rings. The number of likely N-dealkylation sites (tertiary alicyclic amines) is 1. The number of nitrogens with one attached hydrogen (secondary N) is 1. The van der Waals surface area contributed by atoms with Gasteiger partial charge in [0.1, 0.15) is 5.02 Å². The minimum Gasteiger partial charge on any atom is -0.275 e. The van der Waals surface area contributed by atoms with E-state index in [1.165, 1.54) is 23.0 Å². The molecule has 26 heavy (non-hydrogen) atoms. The fraction of sp³-hybridized carbons (Fsp3) is 0.214. The number of aromatic amines is 1. The van der Waals surface area contributed by atoms with Crippen molar-refractivity contribution >= 4 is 47.5 Å². The topological polar surface area (TPSA) is 126 Å². The van der Waals surface area contributed by atoms with Gasteiger partial charge in [0.25, 0.3) is 5.69 Å². The molecule has 1 N–H and O–H groups in total. The van der Waals surface area contributed by atoms with E-state index in [0.717, 1.165) is 4.90 Å². The Morgan fingerprint density at radius 2 is 2.08 bits per heavy atom. The molecule has 2 heterocycles. The van der Waals surface area contributed by atoms with Gasteiger partial charge in [0, 0.05) is 24.5 Å². The fourth-order valence-electron chi connectivity index (χ4n) is 2.36. The molecule has 2 aromatic rings. The first-order valence-electron chi connectivity index (χ1n) is 7.34. The molecule has 0 unspecified atom stereocenters. The normalized spacial score (nSPS) is 14.6. The molecule has 1 saturated heterocycles. The molecule has 2 amide bonds. The van der Waals surface area contributed by atoms with E-state index in [-0.39, 0.29) is 52.5 Å². The highest BCUT2D eigenvalue weighted by molar-refractivity contribution is 7.71. The second kappa shape index (κ2) is 7.14. The number of halogens is 1. The van der Waals surface area contributed by atoms with Crippen molar-refractivity contribution in [1.29, 1.82) is 0 Å². The number of imide groups is 1. The van der Waals surface area contributed by atoms with Gasteiger partial charge in [-0.15, -0.1) is 0 Å². The molecule has 0 saturated carbocycles. The van der Waals surface area contributed by atoms with Gasteiger partial charge in [-0.2, -0.15) is 14.9 Å². The lowest BCUT2D eigenvalue weighted by Crippen LogP contribution is -2.29. The highest BCUT2D eigenvalue weighted by Gasteiger charge is 2.30. The molecule has 10 nitrogen and oxygen atoms in total. The second-order valence-corrected chi connectivity index (χ2v) is 6.14.